The molecule has 0 spiro atoms. The lowest BCUT2D eigenvalue weighted by atomic mass is 9.97. The number of amidine groups is 1. The highest BCUT2D eigenvalue weighted by atomic mass is 35.5. The van der Waals surface area contributed by atoms with Crippen molar-refractivity contribution >= 4 is 29.3 Å². The molecule has 4 rings (SSSR count). The van der Waals surface area contributed by atoms with Gasteiger partial charge in [0.1, 0.15) is 11.9 Å². The van der Waals surface area contributed by atoms with E-state index >= 15 is 0 Å². The molecule has 0 radical (unpaired) electrons. The van der Waals surface area contributed by atoms with Gasteiger partial charge in [0, 0.05) is 10.6 Å². The minimum atomic E-state index is -1.07. The number of halogens is 1. The number of likely N-dealkylation sites (tertiary alicyclic amines) is 1. The van der Waals surface area contributed by atoms with Crippen molar-refractivity contribution in [3.63, 3.8) is 0 Å². The number of nitrogens with two attached hydrogens (primary N) is 1. The number of amides is 1. The molecule has 0 bridgehead atoms. The summed E-state index contributed by atoms with van der Waals surface area (Å²) in [6.07, 6.45) is 0.790. The molecule has 1 saturated heterocycles. The van der Waals surface area contributed by atoms with Crippen LogP contribution in [-0.2, 0) is 4.79 Å². The first-order valence-electron chi connectivity index (χ1n) is 10.2. The second-order valence-electron chi connectivity index (χ2n) is 7.72. The number of hydrogen-bond acceptors (Lipinski definition) is 3. The second kappa shape index (κ2) is 8.85. The summed E-state index contributed by atoms with van der Waals surface area (Å²) in [7, 11) is 0. The molecule has 0 unspecified atom stereocenters. The van der Waals surface area contributed by atoms with E-state index in [0.717, 1.165) is 11.1 Å². The summed E-state index contributed by atoms with van der Waals surface area (Å²) in [5, 5.41) is 18.3. The number of carbonyl (C=O) groups excluding carboxylic acids is 1. The molecule has 0 aromatic heterocycles. The molecule has 162 valence electrons. The molecule has 1 aliphatic heterocycles. The van der Waals surface area contributed by atoms with Gasteiger partial charge < -0.3 is 15.7 Å². The summed E-state index contributed by atoms with van der Waals surface area (Å²) in [4.78, 5) is 27.0. The molecule has 1 heterocycles. The predicted molar refractivity (Wildman–Crippen MR) is 124 cm³/mol. The summed E-state index contributed by atoms with van der Waals surface area (Å²) in [6.45, 7) is 0. The number of carboxylic acid groups (broad SMARTS) is 1. The van der Waals surface area contributed by atoms with Gasteiger partial charge in [-0.3, -0.25) is 10.2 Å². The van der Waals surface area contributed by atoms with Crippen molar-refractivity contribution in [3.8, 4) is 11.1 Å². The number of nitrogens with one attached hydrogen (secondary N) is 1. The Morgan fingerprint density at radius 2 is 1.62 bits per heavy atom. The van der Waals surface area contributed by atoms with Crippen molar-refractivity contribution < 1.29 is 14.7 Å². The molecule has 1 amide bonds. The summed E-state index contributed by atoms with van der Waals surface area (Å²) in [6, 6.07) is 20.3. The minimum absolute atomic E-state index is 0.197. The van der Waals surface area contributed by atoms with E-state index in [-0.39, 0.29) is 17.0 Å². The van der Waals surface area contributed by atoms with Gasteiger partial charge in [-0.2, -0.15) is 0 Å². The van der Waals surface area contributed by atoms with E-state index in [4.69, 9.17) is 22.7 Å². The fraction of sp³-hybridized carbons (Fsp3) is 0.160. The molecular formula is C25H22ClN3O3. The maximum atomic E-state index is 13.7. The van der Waals surface area contributed by atoms with Crippen LogP contribution < -0.4 is 5.73 Å². The third kappa shape index (κ3) is 3.97. The molecule has 4 N–H and O–H groups in total. The smallest absolute Gasteiger partial charge is 0.326 e. The molecule has 32 heavy (non-hydrogen) atoms. The Balaban J connectivity index is 1.79. The number of carboxylic acids is 1. The lowest BCUT2D eigenvalue weighted by molar-refractivity contribution is -0.141. The number of benzene rings is 3. The van der Waals surface area contributed by atoms with E-state index < -0.39 is 24.0 Å². The molecule has 3 aromatic rings. The van der Waals surface area contributed by atoms with Gasteiger partial charge in [-0.15, -0.1) is 0 Å². The number of carbonyl (C=O) groups is 2. The van der Waals surface area contributed by atoms with Gasteiger partial charge in [-0.1, -0.05) is 66.2 Å². The van der Waals surface area contributed by atoms with Crippen LogP contribution in [0.1, 0.15) is 40.4 Å². The average Bonchev–Trinajstić information content (AvgIpc) is 3.24. The number of hydrogen-bond donors (Lipinski definition) is 3. The minimum Gasteiger partial charge on any atom is -0.480 e. The molecule has 6 nitrogen and oxygen atoms in total. The summed E-state index contributed by atoms with van der Waals surface area (Å²) >= 11 is 6.38. The highest BCUT2D eigenvalue weighted by Gasteiger charge is 2.43. The van der Waals surface area contributed by atoms with Crippen molar-refractivity contribution in [1.29, 1.82) is 5.41 Å². The Bertz CT molecular complexity index is 1200. The van der Waals surface area contributed by atoms with E-state index in [1.54, 1.807) is 30.3 Å². The zero-order chi connectivity index (χ0) is 22.8. The molecule has 1 aliphatic rings. The summed E-state index contributed by atoms with van der Waals surface area (Å²) in [5.74, 6) is -1.81. The fourth-order valence-electron chi connectivity index (χ4n) is 4.29. The molecule has 3 aromatic carbocycles. The average molecular weight is 448 g/mol. The van der Waals surface area contributed by atoms with Crippen LogP contribution in [0.5, 0.6) is 0 Å². The lowest BCUT2D eigenvalue weighted by Gasteiger charge is -2.30. The second-order valence-corrected chi connectivity index (χ2v) is 8.13. The van der Waals surface area contributed by atoms with Gasteiger partial charge in [-0.05, 0) is 47.7 Å². The molecule has 0 saturated carbocycles. The van der Waals surface area contributed by atoms with E-state index in [0.29, 0.717) is 23.4 Å². The molecule has 7 heteroatoms. The van der Waals surface area contributed by atoms with Crippen LogP contribution in [0.25, 0.3) is 11.1 Å². The highest BCUT2D eigenvalue weighted by Crippen LogP contribution is 2.40. The monoisotopic (exact) mass is 447 g/mol. The van der Waals surface area contributed by atoms with Crippen molar-refractivity contribution in [3.05, 3.63) is 94.5 Å². The number of nitrogens with zero attached hydrogens (tertiary/aromatic N) is 1. The van der Waals surface area contributed by atoms with Crippen LogP contribution >= 0.6 is 11.6 Å². The Morgan fingerprint density at radius 1 is 0.938 bits per heavy atom. The maximum Gasteiger partial charge on any atom is 0.326 e. The first-order chi connectivity index (χ1) is 15.4. The maximum absolute atomic E-state index is 13.7. The van der Waals surface area contributed by atoms with Crippen LogP contribution in [0.3, 0.4) is 0 Å². The van der Waals surface area contributed by atoms with E-state index in [1.807, 2.05) is 42.5 Å². The third-order valence-electron chi connectivity index (χ3n) is 5.82. The largest absolute Gasteiger partial charge is 0.480 e. The molecule has 1 fully saturated rings. The lowest BCUT2D eigenvalue weighted by Crippen LogP contribution is -2.42. The standard InChI is InChI=1S/C25H22ClN3O3/c26-20-9-5-4-8-18(20)21-12-13-22(25(31)32)29(21)24(30)17-11-10-16(14-19(17)23(27)28)15-6-2-1-3-7-15/h1-11,14,21-22H,12-13H2,(H3,27,28)(H,31,32)/t21-,22+/m1/s1. The van der Waals surface area contributed by atoms with Crippen molar-refractivity contribution in [2.45, 2.75) is 24.9 Å². The van der Waals surface area contributed by atoms with E-state index in [2.05, 4.69) is 0 Å². The fourth-order valence-corrected chi connectivity index (χ4v) is 4.55. The first kappa shape index (κ1) is 21.6. The SMILES string of the molecule is N=C(N)c1cc(-c2ccccc2)ccc1C(=O)N1[C@@H](c2ccccc2Cl)CC[C@H]1C(=O)O. The number of nitrogen functional groups attached to an aromatic ring is 1. The Labute approximate surface area is 190 Å². The van der Waals surface area contributed by atoms with Gasteiger partial charge in [0.25, 0.3) is 5.91 Å². The van der Waals surface area contributed by atoms with Crippen LogP contribution in [-0.4, -0.2) is 33.8 Å². The van der Waals surface area contributed by atoms with E-state index in [9.17, 15) is 14.7 Å². The van der Waals surface area contributed by atoms with Crippen molar-refractivity contribution in [2.24, 2.45) is 5.73 Å². The Hall–Kier alpha value is -3.64. The third-order valence-corrected chi connectivity index (χ3v) is 6.16. The van der Waals surface area contributed by atoms with Gasteiger partial charge >= 0.3 is 5.97 Å². The van der Waals surface area contributed by atoms with Gasteiger partial charge in [0.15, 0.2) is 0 Å². The van der Waals surface area contributed by atoms with Gasteiger partial charge in [-0.25, -0.2) is 4.79 Å². The number of rotatable bonds is 5. The van der Waals surface area contributed by atoms with Crippen molar-refractivity contribution in [1.82, 2.24) is 4.90 Å². The molecular weight excluding hydrogens is 426 g/mol. The first-order valence-corrected chi connectivity index (χ1v) is 10.6. The van der Waals surface area contributed by atoms with Gasteiger partial charge in [0.05, 0.1) is 11.6 Å². The molecule has 0 aliphatic carbocycles. The van der Waals surface area contributed by atoms with Crippen LogP contribution in [0.15, 0.2) is 72.8 Å². The molecule has 2 atom stereocenters. The quantitative estimate of drug-likeness (QED) is 0.388. The Morgan fingerprint density at radius 3 is 2.28 bits per heavy atom. The van der Waals surface area contributed by atoms with Gasteiger partial charge in [0.2, 0.25) is 0 Å². The normalized spacial score (nSPS) is 17.8. The predicted octanol–water partition coefficient (Wildman–Crippen LogP) is 4.72. The van der Waals surface area contributed by atoms with Crippen LogP contribution in [0.4, 0.5) is 0 Å². The zero-order valence-electron chi connectivity index (χ0n) is 17.2. The summed E-state index contributed by atoms with van der Waals surface area (Å²) < 4.78 is 0. The number of aliphatic carboxylic acids is 1. The topological polar surface area (TPSA) is 107 Å². The van der Waals surface area contributed by atoms with E-state index in [1.165, 1.54) is 4.90 Å². The van der Waals surface area contributed by atoms with Crippen molar-refractivity contribution in [2.75, 3.05) is 0 Å². The highest BCUT2D eigenvalue weighted by molar-refractivity contribution is 6.31. The zero-order valence-corrected chi connectivity index (χ0v) is 17.9. The summed E-state index contributed by atoms with van der Waals surface area (Å²) in [5.41, 5.74) is 8.74. The van der Waals surface area contributed by atoms with Crippen LogP contribution in [0, 0.1) is 5.41 Å². The van der Waals surface area contributed by atoms with Crippen LogP contribution in [0.2, 0.25) is 5.02 Å². The Kier molecular flexibility index (Phi) is 5.97.